The molecule has 1 amide bonds. The summed E-state index contributed by atoms with van der Waals surface area (Å²) in [5.74, 6) is -2.50. The van der Waals surface area contributed by atoms with Crippen molar-refractivity contribution < 1.29 is 24.0 Å². The van der Waals surface area contributed by atoms with E-state index in [0.717, 1.165) is 0 Å². The predicted octanol–water partition coefficient (Wildman–Crippen LogP) is 2.80. The number of rotatable bonds is 7. The van der Waals surface area contributed by atoms with Crippen molar-refractivity contribution in [2.24, 2.45) is 5.92 Å². The molecule has 2 N–H and O–H groups in total. The number of nitro benzene ring substituents is 1. The van der Waals surface area contributed by atoms with Gasteiger partial charge in [-0.2, -0.15) is 0 Å². The van der Waals surface area contributed by atoms with E-state index in [4.69, 9.17) is 14.9 Å². The smallest absolute Gasteiger partial charge is 0.329 e. The third kappa shape index (κ3) is 5.11. The molecule has 2 aromatic carbocycles. The van der Waals surface area contributed by atoms with Crippen molar-refractivity contribution in [3.05, 3.63) is 58.6 Å². The second-order valence-corrected chi connectivity index (χ2v) is 5.51. The largest absolute Gasteiger partial charge is 0.497 e. The lowest BCUT2D eigenvalue weighted by Crippen LogP contribution is -2.37. The number of hydrogen-bond acceptors (Lipinski definition) is 7. The molecule has 140 valence electrons. The third-order valence-corrected chi connectivity index (χ3v) is 3.55. The second kappa shape index (κ2) is 8.56. The zero-order chi connectivity index (χ0) is 20.0. The van der Waals surface area contributed by atoms with Gasteiger partial charge < -0.3 is 20.2 Å². The predicted molar refractivity (Wildman–Crippen MR) is 97.2 cm³/mol. The number of esters is 1. The number of hydrogen-bond donors (Lipinski definition) is 2. The molecule has 2 rings (SSSR count). The van der Waals surface area contributed by atoms with E-state index in [-0.39, 0.29) is 17.1 Å². The number of nitrogens with one attached hydrogen (secondary N) is 2. The van der Waals surface area contributed by atoms with Crippen molar-refractivity contribution in [3.63, 3.8) is 0 Å². The van der Waals surface area contributed by atoms with Crippen LogP contribution in [0.15, 0.2) is 48.5 Å². The summed E-state index contributed by atoms with van der Waals surface area (Å²) >= 11 is 0. The molecule has 0 aliphatic carbocycles. The molecule has 0 aliphatic heterocycles. The van der Waals surface area contributed by atoms with Gasteiger partial charge >= 0.3 is 5.97 Å². The zero-order valence-electron chi connectivity index (χ0n) is 14.6. The van der Waals surface area contributed by atoms with Gasteiger partial charge in [-0.05, 0) is 43.3 Å². The van der Waals surface area contributed by atoms with Crippen molar-refractivity contribution >= 4 is 29.0 Å². The Hall–Kier alpha value is -3.75. The van der Waals surface area contributed by atoms with E-state index >= 15 is 0 Å². The molecule has 0 saturated heterocycles. The average molecular weight is 371 g/mol. The molecule has 0 bridgehead atoms. The summed E-state index contributed by atoms with van der Waals surface area (Å²) in [6.45, 7) is 1.31. The normalized spacial score (nSPS) is 11.2. The Morgan fingerprint density at radius 1 is 1.07 bits per heavy atom. The Labute approximate surface area is 154 Å². The Morgan fingerprint density at radius 2 is 1.63 bits per heavy atom. The van der Waals surface area contributed by atoms with Crippen LogP contribution in [0.25, 0.3) is 0 Å². The molecule has 0 aromatic heterocycles. The first-order valence-electron chi connectivity index (χ1n) is 7.78. The van der Waals surface area contributed by atoms with Crippen LogP contribution in [0.5, 0.6) is 11.5 Å². The lowest BCUT2D eigenvalue weighted by molar-refractivity contribution is -0.384. The highest BCUT2D eigenvalue weighted by Gasteiger charge is 2.31. The Kier molecular flexibility index (Phi) is 6.21. The van der Waals surface area contributed by atoms with Gasteiger partial charge in [-0.3, -0.25) is 19.7 Å². The van der Waals surface area contributed by atoms with E-state index in [1.165, 1.54) is 38.3 Å². The van der Waals surface area contributed by atoms with Gasteiger partial charge in [0.05, 0.1) is 12.0 Å². The molecule has 0 heterocycles. The number of benzene rings is 2. The summed E-state index contributed by atoms with van der Waals surface area (Å²) in [6, 6.07) is 11.3. The average Bonchev–Trinajstić information content (AvgIpc) is 2.62. The molecule has 9 nitrogen and oxygen atoms in total. The molecule has 0 fully saturated rings. The van der Waals surface area contributed by atoms with Crippen LogP contribution in [0.2, 0.25) is 0 Å². The second-order valence-electron chi connectivity index (χ2n) is 5.51. The van der Waals surface area contributed by atoms with Crippen molar-refractivity contribution in [2.75, 3.05) is 12.4 Å². The van der Waals surface area contributed by atoms with Gasteiger partial charge in [0.25, 0.3) is 5.69 Å². The van der Waals surface area contributed by atoms with Crippen LogP contribution in [-0.4, -0.2) is 29.6 Å². The molecule has 9 heteroatoms. The Bertz CT molecular complexity index is 862. The third-order valence-electron chi connectivity index (χ3n) is 3.55. The van der Waals surface area contributed by atoms with Crippen LogP contribution < -0.4 is 14.8 Å². The van der Waals surface area contributed by atoms with E-state index in [0.29, 0.717) is 11.4 Å². The maximum atomic E-state index is 12.4. The van der Waals surface area contributed by atoms with Gasteiger partial charge in [0.1, 0.15) is 11.5 Å². The molecule has 0 saturated carbocycles. The lowest BCUT2D eigenvalue weighted by Gasteiger charge is -2.15. The van der Waals surface area contributed by atoms with E-state index in [1.54, 1.807) is 24.3 Å². The quantitative estimate of drug-likeness (QED) is 0.192. The molecule has 0 aliphatic rings. The summed E-state index contributed by atoms with van der Waals surface area (Å²) in [5.41, 5.74) is 0.0648. The van der Waals surface area contributed by atoms with Crippen molar-refractivity contribution in [1.29, 1.82) is 5.41 Å². The highest BCUT2D eigenvalue weighted by molar-refractivity contribution is 6.20. The fraction of sp³-hybridized carbons (Fsp3) is 0.167. The number of nitrogens with zero attached hydrogens (tertiary/aromatic N) is 1. The molecule has 2 aromatic rings. The monoisotopic (exact) mass is 371 g/mol. The van der Waals surface area contributed by atoms with Gasteiger partial charge in [0.2, 0.25) is 5.91 Å². The van der Waals surface area contributed by atoms with Crippen LogP contribution in [-0.2, 0) is 9.59 Å². The number of amides is 1. The summed E-state index contributed by atoms with van der Waals surface area (Å²) in [4.78, 5) is 34.8. The minimum absolute atomic E-state index is 0.0362. The highest BCUT2D eigenvalue weighted by Crippen LogP contribution is 2.20. The SMILES string of the molecule is COc1ccc(NC(=O)C(C(C)=N)C(=O)Oc2ccc([N+](=O)[O-])cc2)cc1. The number of carbonyl (C=O) groups is 2. The fourth-order valence-corrected chi connectivity index (χ4v) is 2.18. The van der Waals surface area contributed by atoms with E-state index < -0.39 is 22.7 Å². The van der Waals surface area contributed by atoms with Crippen LogP contribution in [0.3, 0.4) is 0 Å². The molecule has 1 unspecified atom stereocenters. The first-order valence-corrected chi connectivity index (χ1v) is 7.78. The minimum Gasteiger partial charge on any atom is -0.497 e. The van der Waals surface area contributed by atoms with Crippen LogP contribution in [0.1, 0.15) is 6.92 Å². The number of methoxy groups -OCH3 is 1. The zero-order valence-corrected chi connectivity index (χ0v) is 14.6. The molecular weight excluding hydrogens is 354 g/mol. The van der Waals surface area contributed by atoms with Gasteiger partial charge in [-0.15, -0.1) is 0 Å². The first-order chi connectivity index (χ1) is 12.8. The van der Waals surface area contributed by atoms with Gasteiger partial charge in [0, 0.05) is 23.5 Å². The Morgan fingerprint density at radius 3 is 2.11 bits per heavy atom. The Balaban J connectivity index is 2.09. The van der Waals surface area contributed by atoms with E-state index in [9.17, 15) is 19.7 Å². The number of ether oxygens (including phenoxy) is 2. The number of carbonyl (C=O) groups excluding carboxylic acids is 2. The molecule has 27 heavy (non-hydrogen) atoms. The lowest BCUT2D eigenvalue weighted by atomic mass is 10.0. The number of non-ortho nitro benzene ring substituents is 1. The standard InChI is InChI=1S/C18H17N3O6/c1-11(19)16(17(22)20-12-3-7-14(26-2)8-4-12)18(23)27-15-9-5-13(6-10-15)21(24)25/h3-10,16,19H,1-2H3,(H,20,22). The number of nitro groups is 1. The summed E-state index contributed by atoms with van der Waals surface area (Å²) in [7, 11) is 1.51. The maximum absolute atomic E-state index is 12.4. The topological polar surface area (TPSA) is 132 Å². The minimum atomic E-state index is -1.46. The number of anilines is 1. The molecule has 0 radical (unpaired) electrons. The van der Waals surface area contributed by atoms with Crippen molar-refractivity contribution in [1.82, 2.24) is 0 Å². The van der Waals surface area contributed by atoms with Gasteiger partial charge in [-0.25, -0.2) is 0 Å². The van der Waals surface area contributed by atoms with E-state index in [1.807, 2.05) is 0 Å². The molecular formula is C18H17N3O6. The van der Waals surface area contributed by atoms with Crippen molar-refractivity contribution in [2.45, 2.75) is 6.92 Å². The first kappa shape index (κ1) is 19.6. The van der Waals surface area contributed by atoms with E-state index in [2.05, 4.69) is 5.32 Å². The summed E-state index contributed by atoms with van der Waals surface area (Å²) in [5, 5.41) is 20.9. The van der Waals surface area contributed by atoms with Gasteiger partial charge in [0.15, 0.2) is 5.92 Å². The highest BCUT2D eigenvalue weighted by atomic mass is 16.6. The van der Waals surface area contributed by atoms with Crippen LogP contribution in [0, 0.1) is 21.4 Å². The van der Waals surface area contributed by atoms with Crippen molar-refractivity contribution in [3.8, 4) is 11.5 Å². The molecule has 0 spiro atoms. The maximum Gasteiger partial charge on any atom is 0.329 e. The van der Waals surface area contributed by atoms with Crippen LogP contribution >= 0.6 is 0 Å². The summed E-state index contributed by atoms with van der Waals surface area (Å²) in [6.07, 6.45) is 0. The fourth-order valence-electron chi connectivity index (χ4n) is 2.18. The molecule has 1 atom stereocenters. The van der Waals surface area contributed by atoms with Crippen LogP contribution in [0.4, 0.5) is 11.4 Å². The summed E-state index contributed by atoms with van der Waals surface area (Å²) < 4.78 is 10.1. The van der Waals surface area contributed by atoms with Gasteiger partial charge in [-0.1, -0.05) is 0 Å².